The molecule has 0 radical (unpaired) electrons. The topological polar surface area (TPSA) is 38.0 Å². The molecule has 0 saturated heterocycles. The third kappa shape index (κ3) is 1.59. The molecular formula is C12H18N2O. The Kier molecular flexibility index (Phi) is 2.28. The quantitative estimate of drug-likeness (QED) is 0.766. The monoisotopic (exact) mass is 206 g/mol. The van der Waals surface area contributed by atoms with Crippen molar-refractivity contribution in [2.75, 3.05) is 0 Å². The molecule has 1 aromatic rings. The molecule has 1 N–H and O–H groups in total. The minimum atomic E-state index is -0.325. The van der Waals surface area contributed by atoms with Crippen molar-refractivity contribution in [2.45, 2.75) is 57.1 Å². The lowest BCUT2D eigenvalue weighted by atomic mass is 10.1. The maximum Gasteiger partial charge on any atom is 0.137 e. The van der Waals surface area contributed by atoms with Crippen LogP contribution in [0.15, 0.2) is 6.20 Å². The average Bonchev–Trinajstić information content (AvgIpc) is 2.86. The Morgan fingerprint density at radius 1 is 1.20 bits per heavy atom. The Bertz CT molecular complexity index is 353. The highest BCUT2D eigenvalue weighted by Gasteiger charge is 2.25. The van der Waals surface area contributed by atoms with E-state index in [1.807, 2.05) is 0 Å². The predicted octanol–water partition coefficient (Wildman–Crippen LogP) is 2.37. The van der Waals surface area contributed by atoms with Crippen LogP contribution in [0.5, 0.6) is 0 Å². The summed E-state index contributed by atoms with van der Waals surface area (Å²) < 4.78 is 2.15. The zero-order chi connectivity index (χ0) is 10.3. The second kappa shape index (κ2) is 3.63. The van der Waals surface area contributed by atoms with Crippen molar-refractivity contribution in [1.82, 2.24) is 9.55 Å². The van der Waals surface area contributed by atoms with E-state index in [4.69, 9.17) is 0 Å². The van der Waals surface area contributed by atoms with E-state index in [-0.39, 0.29) is 6.10 Å². The van der Waals surface area contributed by atoms with E-state index in [1.165, 1.54) is 31.4 Å². The third-order valence-electron chi connectivity index (χ3n) is 3.77. The highest BCUT2D eigenvalue weighted by Crippen LogP contribution is 2.35. The van der Waals surface area contributed by atoms with Crippen LogP contribution in [0.4, 0.5) is 0 Å². The van der Waals surface area contributed by atoms with Gasteiger partial charge in [0.15, 0.2) is 0 Å². The molecule has 0 amide bonds. The molecule has 1 saturated carbocycles. The first-order valence-electron chi connectivity index (χ1n) is 6.09. The fraction of sp³-hybridized carbons (Fsp3) is 0.750. The molecule has 0 bridgehead atoms. The zero-order valence-electron chi connectivity index (χ0n) is 9.02. The summed E-state index contributed by atoms with van der Waals surface area (Å²) in [6, 6.07) is 0. The molecule has 0 aromatic carbocycles. The molecule has 0 spiro atoms. The van der Waals surface area contributed by atoms with Crippen molar-refractivity contribution in [3.63, 3.8) is 0 Å². The Balaban J connectivity index is 1.90. The van der Waals surface area contributed by atoms with Gasteiger partial charge in [-0.25, -0.2) is 4.98 Å². The van der Waals surface area contributed by atoms with Crippen molar-refractivity contribution in [3.8, 4) is 0 Å². The number of fused-ring (bicyclic) bond motifs is 1. The van der Waals surface area contributed by atoms with E-state index >= 15 is 0 Å². The number of aliphatic hydroxyl groups is 1. The van der Waals surface area contributed by atoms with E-state index < -0.39 is 0 Å². The largest absolute Gasteiger partial charge is 0.385 e. The molecule has 1 fully saturated rings. The third-order valence-corrected chi connectivity index (χ3v) is 3.77. The minimum Gasteiger partial charge on any atom is -0.385 e. The van der Waals surface area contributed by atoms with Crippen molar-refractivity contribution in [1.29, 1.82) is 0 Å². The Hall–Kier alpha value is -0.830. The summed E-state index contributed by atoms with van der Waals surface area (Å²) in [7, 11) is 0. The van der Waals surface area contributed by atoms with Gasteiger partial charge in [-0.05, 0) is 25.7 Å². The molecule has 2 aliphatic rings. The van der Waals surface area contributed by atoms with E-state index in [0.717, 1.165) is 25.2 Å². The van der Waals surface area contributed by atoms with E-state index in [9.17, 15) is 5.11 Å². The summed E-state index contributed by atoms with van der Waals surface area (Å²) in [4.78, 5) is 4.63. The van der Waals surface area contributed by atoms with Crippen LogP contribution in [0.1, 0.15) is 62.1 Å². The molecule has 1 aliphatic heterocycles. The number of hydrogen-bond acceptors (Lipinski definition) is 2. The van der Waals surface area contributed by atoms with Crippen LogP contribution >= 0.6 is 0 Å². The molecule has 3 rings (SSSR count). The Labute approximate surface area is 90.1 Å². The second-order valence-electron chi connectivity index (χ2n) is 4.86. The standard InChI is InChI=1S/C12H18N2O/c15-11-6-3-7-14-8-10(13-12(11)14)9-4-1-2-5-9/h8-9,11,15H,1-7H2. The molecular weight excluding hydrogens is 188 g/mol. The maximum absolute atomic E-state index is 9.83. The molecule has 3 heteroatoms. The Morgan fingerprint density at radius 3 is 2.73 bits per heavy atom. The summed E-state index contributed by atoms with van der Waals surface area (Å²) in [5, 5.41) is 9.83. The number of rotatable bonds is 1. The Morgan fingerprint density at radius 2 is 2.00 bits per heavy atom. The van der Waals surface area contributed by atoms with Crippen LogP contribution in [0.2, 0.25) is 0 Å². The van der Waals surface area contributed by atoms with Crippen LogP contribution in [0, 0.1) is 0 Å². The SMILES string of the molecule is OC1CCCn2cc(C3CCCC3)nc21. The van der Waals surface area contributed by atoms with Gasteiger partial charge in [-0.2, -0.15) is 0 Å². The number of imidazole rings is 1. The number of aliphatic hydroxyl groups excluding tert-OH is 1. The van der Waals surface area contributed by atoms with Gasteiger partial charge in [0.25, 0.3) is 0 Å². The lowest BCUT2D eigenvalue weighted by Gasteiger charge is -2.18. The van der Waals surface area contributed by atoms with Crippen molar-refractivity contribution in [2.24, 2.45) is 0 Å². The van der Waals surface area contributed by atoms with Gasteiger partial charge >= 0.3 is 0 Å². The highest BCUT2D eigenvalue weighted by atomic mass is 16.3. The number of aromatic nitrogens is 2. The normalized spacial score (nSPS) is 26.9. The van der Waals surface area contributed by atoms with Gasteiger partial charge in [-0.15, -0.1) is 0 Å². The summed E-state index contributed by atoms with van der Waals surface area (Å²) in [6.07, 6.45) is 9.06. The molecule has 1 unspecified atom stereocenters. The highest BCUT2D eigenvalue weighted by molar-refractivity contribution is 5.13. The van der Waals surface area contributed by atoms with Gasteiger partial charge in [-0.3, -0.25) is 0 Å². The zero-order valence-corrected chi connectivity index (χ0v) is 9.02. The predicted molar refractivity (Wildman–Crippen MR) is 57.6 cm³/mol. The summed E-state index contributed by atoms with van der Waals surface area (Å²) in [5.74, 6) is 1.57. The van der Waals surface area contributed by atoms with Crippen LogP contribution in [-0.4, -0.2) is 14.7 Å². The summed E-state index contributed by atoms with van der Waals surface area (Å²) >= 11 is 0. The first-order valence-corrected chi connectivity index (χ1v) is 6.09. The number of hydrogen-bond donors (Lipinski definition) is 1. The average molecular weight is 206 g/mol. The van der Waals surface area contributed by atoms with E-state index in [2.05, 4.69) is 15.7 Å². The molecule has 15 heavy (non-hydrogen) atoms. The molecule has 1 atom stereocenters. The van der Waals surface area contributed by atoms with Gasteiger partial charge < -0.3 is 9.67 Å². The lowest BCUT2D eigenvalue weighted by molar-refractivity contribution is 0.133. The van der Waals surface area contributed by atoms with Crippen LogP contribution in [-0.2, 0) is 6.54 Å². The first-order chi connectivity index (χ1) is 7.34. The first kappa shape index (κ1) is 9.40. The van der Waals surface area contributed by atoms with E-state index in [1.54, 1.807) is 0 Å². The summed E-state index contributed by atoms with van der Waals surface area (Å²) in [5.41, 5.74) is 1.23. The van der Waals surface area contributed by atoms with Gasteiger partial charge in [0, 0.05) is 18.7 Å². The number of aryl methyl sites for hydroxylation is 1. The van der Waals surface area contributed by atoms with Crippen molar-refractivity contribution < 1.29 is 5.11 Å². The fourth-order valence-corrected chi connectivity index (χ4v) is 2.90. The second-order valence-corrected chi connectivity index (χ2v) is 4.86. The molecule has 3 nitrogen and oxygen atoms in total. The van der Waals surface area contributed by atoms with Gasteiger partial charge in [0.05, 0.1) is 5.69 Å². The lowest BCUT2D eigenvalue weighted by Crippen LogP contribution is -2.14. The fourth-order valence-electron chi connectivity index (χ4n) is 2.90. The van der Waals surface area contributed by atoms with Crippen molar-refractivity contribution in [3.05, 3.63) is 17.7 Å². The number of nitrogens with zero attached hydrogens (tertiary/aromatic N) is 2. The van der Waals surface area contributed by atoms with Crippen molar-refractivity contribution >= 4 is 0 Å². The molecule has 82 valence electrons. The van der Waals surface area contributed by atoms with Gasteiger partial charge in [0.1, 0.15) is 11.9 Å². The molecule has 2 heterocycles. The van der Waals surface area contributed by atoms with Crippen LogP contribution < -0.4 is 0 Å². The van der Waals surface area contributed by atoms with E-state index in [0.29, 0.717) is 5.92 Å². The van der Waals surface area contributed by atoms with Gasteiger partial charge in [0.2, 0.25) is 0 Å². The molecule has 1 aliphatic carbocycles. The molecule has 1 aromatic heterocycles. The van der Waals surface area contributed by atoms with Crippen LogP contribution in [0.25, 0.3) is 0 Å². The minimum absolute atomic E-state index is 0.325. The van der Waals surface area contributed by atoms with Gasteiger partial charge in [-0.1, -0.05) is 12.8 Å². The smallest absolute Gasteiger partial charge is 0.137 e. The maximum atomic E-state index is 9.83. The summed E-state index contributed by atoms with van der Waals surface area (Å²) in [6.45, 7) is 1.03. The van der Waals surface area contributed by atoms with Crippen LogP contribution in [0.3, 0.4) is 0 Å².